The molecule has 1 saturated carbocycles. The van der Waals surface area contributed by atoms with Crippen molar-refractivity contribution in [1.82, 2.24) is 10.3 Å². The second kappa shape index (κ2) is 9.71. The Balaban J connectivity index is 2.08. The molecule has 0 bridgehead atoms. The first-order valence-electron chi connectivity index (χ1n) is 10.7. The predicted molar refractivity (Wildman–Crippen MR) is 112 cm³/mol. The van der Waals surface area contributed by atoms with Crippen LogP contribution in [0.3, 0.4) is 0 Å². The summed E-state index contributed by atoms with van der Waals surface area (Å²) in [6, 6.07) is 5.30. The van der Waals surface area contributed by atoms with Gasteiger partial charge in [0.25, 0.3) is 5.91 Å². The molecule has 0 spiro atoms. The number of rotatable bonds is 6. The number of carbonyl (C=O) groups is 1. The van der Waals surface area contributed by atoms with Crippen molar-refractivity contribution in [2.45, 2.75) is 57.2 Å². The maximum absolute atomic E-state index is 13.7. The van der Waals surface area contributed by atoms with Gasteiger partial charge in [-0.1, -0.05) is 38.3 Å². The van der Waals surface area contributed by atoms with Gasteiger partial charge >= 0.3 is 6.18 Å². The molecule has 1 amide bonds. The Labute approximate surface area is 184 Å². The number of alkyl halides is 3. The molecule has 0 unspecified atom stereocenters. The van der Waals surface area contributed by atoms with Crippen molar-refractivity contribution in [2.24, 2.45) is 5.92 Å². The minimum atomic E-state index is -4.92. The number of amides is 1. The lowest BCUT2D eigenvalue weighted by Crippen LogP contribution is -2.51. The van der Waals surface area contributed by atoms with E-state index in [2.05, 4.69) is 10.3 Å². The number of nitrogens with one attached hydrogen (secondary N) is 1. The van der Waals surface area contributed by atoms with E-state index >= 15 is 0 Å². The SMILES string of the molecule is CC/C=C/[C@@](NC(=O)c1ccc(F)c(C(F)(F)F)c1)(c1ccc(O)cn1)C1CCCCC1. The molecule has 1 atom stereocenters. The molecule has 32 heavy (non-hydrogen) atoms. The molecular formula is C24H26F4N2O2. The third kappa shape index (κ3) is 5.11. The van der Waals surface area contributed by atoms with E-state index in [0.29, 0.717) is 24.2 Å². The minimum absolute atomic E-state index is 0.0366. The third-order valence-electron chi connectivity index (χ3n) is 5.89. The lowest BCUT2D eigenvalue weighted by atomic mass is 9.72. The number of benzene rings is 1. The van der Waals surface area contributed by atoms with E-state index in [1.165, 1.54) is 12.3 Å². The summed E-state index contributed by atoms with van der Waals surface area (Å²) in [6.45, 7) is 1.93. The number of nitrogens with zero attached hydrogens (tertiary/aromatic N) is 1. The van der Waals surface area contributed by atoms with Gasteiger partial charge in [0.15, 0.2) is 0 Å². The molecular weight excluding hydrogens is 424 g/mol. The maximum atomic E-state index is 13.7. The molecule has 2 N–H and O–H groups in total. The first-order valence-corrected chi connectivity index (χ1v) is 10.7. The van der Waals surface area contributed by atoms with E-state index in [9.17, 15) is 27.5 Å². The van der Waals surface area contributed by atoms with Crippen LogP contribution in [0.2, 0.25) is 0 Å². The number of allylic oxidation sites excluding steroid dienone is 1. The van der Waals surface area contributed by atoms with Crippen molar-refractivity contribution in [3.05, 3.63) is 71.3 Å². The summed E-state index contributed by atoms with van der Waals surface area (Å²) in [5.41, 5.74) is -2.37. The van der Waals surface area contributed by atoms with E-state index in [4.69, 9.17) is 0 Å². The van der Waals surface area contributed by atoms with Gasteiger partial charge in [0, 0.05) is 5.56 Å². The van der Waals surface area contributed by atoms with Crippen LogP contribution in [0.15, 0.2) is 48.7 Å². The molecule has 3 rings (SSSR count). The van der Waals surface area contributed by atoms with E-state index in [1.54, 1.807) is 6.07 Å². The summed E-state index contributed by atoms with van der Waals surface area (Å²) < 4.78 is 53.3. The largest absolute Gasteiger partial charge is 0.506 e. The van der Waals surface area contributed by atoms with Crippen molar-refractivity contribution in [3.63, 3.8) is 0 Å². The summed E-state index contributed by atoms with van der Waals surface area (Å²) >= 11 is 0. The average Bonchev–Trinajstić information content (AvgIpc) is 2.77. The molecule has 1 aromatic carbocycles. The Bertz CT molecular complexity index is 967. The Hall–Kier alpha value is -2.90. The Morgan fingerprint density at radius 1 is 1.19 bits per heavy atom. The lowest BCUT2D eigenvalue weighted by molar-refractivity contribution is -0.140. The number of pyridine rings is 1. The fourth-order valence-corrected chi connectivity index (χ4v) is 4.27. The highest BCUT2D eigenvalue weighted by molar-refractivity contribution is 5.95. The van der Waals surface area contributed by atoms with Crippen LogP contribution in [-0.4, -0.2) is 16.0 Å². The number of hydrogen-bond donors (Lipinski definition) is 2. The molecule has 4 nitrogen and oxygen atoms in total. The van der Waals surface area contributed by atoms with Crippen LogP contribution in [0.1, 0.15) is 67.1 Å². The highest BCUT2D eigenvalue weighted by atomic mass is 19.4. The third-order valence-corrected chi connectivity index (χ3v) is 5.89. The smallest absolute Gasteiger partial charge is 0.419 e. The molecule has 8 heteroatoms. The van der Waals surface area contributed by atoms with Gasteiger partial charge in [0.2, 0.25) is 0 Å². The lowest BCUT2D eigenvalue weighted by Gasteiger charge is -2.41. The molecule has 172 valence electrons. The number of carbonyl (C=O) groups excluding carboxylic acids is 1. The topological polar surface area (TPSA) is 62.2 Å². The molecule has 1 aliphatic carbocycles. The molecule has 0 radical (unpaired) electrons. The van der Waals surface area contributed by atoms with Crippen molar-refractivity contribution >= 4 is 5.91 Å². The summed E-state index contributed by atoms with van der Waals surface area (Å²) in [4.78, 5) is 17.5. The highest BCUT2D eigenvalue weighted by Gasteiger charge is 2.42. The Kier molecular flexibility index (Phi) is 7.21. The minimum Gasteiger partial charge on any atom is -0.506 e. The summed E-state index contributed by atoms with van der Waals surface area (Å²) in [6.07, 6.45) is 5.33. The van der Waals surface area contributed by atoms with Crippen molar-refractivity contribution in [1.29, 1.82) is 0 Å². The van der Waals surface area contributed by atoms with E-state index < -0.39 is 29.0 Å². The van der Waals surface area contributed by atoms with E-state index in [0.717, 1.165) is 38.2 Å². The first kappa shape index (κ1) is 23.8. The summed E-state index contributed by atoms with van der Waals surface area (Å²) in [7, 11) is 0. The number of halogens is 4. The van der Waals surface area contributed by atoms with Crippen LogP contribution in [-0.2, 0) is 11.7 Å². The fraction of sp³-hybridized carbons (Fsp3) is 0.417. The second-order valence-electron chi connectivity index (χ2n) is 8.06. The van der Waals surface area contributed by atoms with Gasteiger partial charge in [-0.3, -0.25) is 9.78 Å². The molecule has 0 aliphatic heterocycles. The second-order valence-corrected chi connectivity index (χ2v) is 8.06. The first-order chi connectivity index (χ1) is 15.2. The monoisotopic (exact) mass is 450 g/mol. The maximum Gasteiger partial charge on any atom is 0.419 e. The van der Waals surface area contributed by atoms with Crippen LogP contribution in [0, 0.1) is 11.7 Å². The van der Waals surface area contributed by atoms with Gasteiger partial charge < -0.3 is 10.4 Å². The normalized spacial score (nSPS) is 17.3. The van der Waals surface area contributed by atoms with Crippen LogP contribution in [0.4, 0.5) is 17.6 Å². The van der Waals surface area contributed by atoms with Gasteiger partial charge in [-0.05, 0) is 55.5 Å². The average molecular weight is 450 g/mol. The van der Waals surface area contributed by atoms with E-state index in [1.807, 2.05) is 19.1 Å². The van der Waals surface area contributed by atoms with Gasteiger partial charge in [-0.15, -0.1) is 0 Å². The van der Waals surface area contributed by atoms with Crippen molar-refractivity contribution in [3.8, 4) is 5.75 Å². The molecule has 2 aromatic rings. The van der Waals surface area contributed by atoms with Crippen molar-refractivity contribution in [2.75, 3.05) is 0 Å². The zero-order valence-electron chi connectivity index (χ0n) is 17.8. The van der Waals surface area contributed by atoms with Gasteiger partial charge in [0.1, 0.15) is 17.1 Å². The van der Waals surface area contributed by atoms with Crippen LogP contribution in [0.25, 0.3) is 0 Å². The Morgan fingerprint density at radius 2 is 1.91 bits per heavy atom. The van der Waals surface area contributed by atoms with Crippen molar-refractivity contribution < 1.29 is 27.5 Å². The number of hydrogen-bond acceptors (Lipinski definition) is 3. The summed E-state index contributed by atoms with van der Waals surface area (Å²) in [5, 5.41) is 12.6. The zero-order valence-corrected chi connectivity index (χ0v) is 17.8. The zero-order chi connectivity index (χ0) is 23.4. The quantitative estimate of drug-likeness (QED) is 0.412. The van der Waals surface area contributed by atoms with Gasteiger partial charge in [-0.2, -0.15) is 13.2 Å². The van der Waals surface area contributed by atoms with Crippen LogP contribution < -0.4 is 5.32 Å². The molecule has 1 heterocycles. The fourth-order valence-electron chi connectivity index (χ4n) is 4.27. The van der Waals surface area contributed by atoms with Crippen LogP contribution in [0.5, 0.6) is 5.75 Å². The standard InChI is InChI=1S/C24H26F4N2O2/c1-2-3-13-23(17-7-5-4-6-8-17,21-12-10-18(31)15-29-21)30-22(32)16-9-11-20(25)19(14-16)24(26,27)28/h3,9-15,17,31H,2,4-8H2,1H3,(H,30,32)/b13-3+/t23-/m0/s1. The summed E-state index contributed by atoms with van der Waals surface area (Å²) in [5.74, 6) is -2.26. The van der Waals surface area contributed by atoms with E-state index in [-0.39, 0.29) is 17.2 Å². The Morgan fingerprint density at radius 3 is 2.50 bits per heavy atom. The highest BCUT2D eigenvalue weighted by Crippen LogP contribution is 2.41. The number of aromatic hydroxyl groups is 1. The van der Waals surface area contributed by atoms with Gasteiger partial charge in [-0.25, -0.2) is 4.39 Å². The van der Waals surface area contributed by atoms with Gasteiger partial charge in [0.05, 0.1) is 17.5 Å². The molecule has 1 fully saturated rings. The molecule has 1 aliphatic rings. The molecule has 0 saturated heterocycles. The number of aromatic nitrogens is 1. The molecule has 1 aromatic heterocycles. The van der Waals surface area contributed by atoms with Crippen LogP contribution >= 0.6 is 0 Å². The predicted octanol–water partition coefficient (Wildman–Crippen LogP) is 6.12.